The van der Waals surface area contributed by atoms with Crippen LogP contribution in [0.25, 0.3) is 0 Å². The molecule has 2 bridgehead atoms. The maximum atomic E-state index is 12.6. The zero-order valence-corrected chi connectivity index (χ0v) is 17.9. The normalized spacial score (nSPS) is 26.5. The third-order valence-electron chi connectivity index (χ3n) is 6.15. The fraction of sp³-hybridized carbons (Fsp3) is 0.650. The van der Waals surface area contributed by atoms with Gasteiger partial charge in [-0.05, 0) is 62.6 Å². The molecule has 2 aliphatic heterocycles. The number of nitrogens with one attached hydrogen (secondary N) is 2. The summed E-state index contributed by atoms with van der Waals surface area (Å²) in [6, 6.07) is 8.51. The molecular weight excluding hydrogens is 398 g/mol. The quantitative estimate of drug-likeness (QED) is 0.699. The van der Waals surface area contributed by atoms with Crippen molar-refractivity contribution in [1.29, 1.82) is 0 Å². The van der Waals surface area contributed by atoms with Crippen LogP contribution in [-0.2, 0) is 21.2 Å². The lowest BCUT2D eigenvalue weighted by Crippen LogP contribution is -2.48. The number of aryl methyl sites for hydroxylation is 1. The van der Waals surface area contributed by atoms with Crippen LogP contribution in [0.15, 0.2) is 29.2 Å². The summed E-state index contributed by atoms with van der Waals surface area (Å²) in [4.78, 5) is 14.8. The van der Waals surface area contributed by atoms with Gasteiger partial charge < -0.3 is 10.2 Å². The van der Waals surface area contributed by atoms with Gasteiger partial charge in [0.1, 0.15) is 0 Å². The highest BCUT2D eigenvalue weighted by atomic mass is 35.5. The van der Waals surface area contributed by atoms with Crippen molar-refractivity contribution in [1.82, 2.24) is 14.9 Å². The summed E-state index contributed by atoms with van der Waals surface area (Å²) in [6.07, 6.45) is 7.51. The highest BCUT2D eigenvalue weighted by Crippen LogP contribution is 2.29. The Hall–Kier alpha value is -1.15. The van der Waals surface area contributed by atoms with Crippen molar-refractivity contribution in [2.45, 2.75) is 80.4 Å². The maximum Gasteiger partial charge on any atom is 0.240 e. The molecule has 0 aromatic heterocycles. The number of piperidine rings is 1. The largest absolute Gasteiger partial charge is 0.343 e. The van der Waals surface area contributed by atoms with E-state index in [0.717, 1.165) is 31.2 Å². The summed E-state index contributed by atoms with van der Waals surface area (Å²) < 4.78 is 27.1. The third kappa shape index (κ3) is 5.06. The number of sulfonamides is 1. The van der Waals surface area contributed by atoms with Crippen molar-refractivity contribution in [3.63, 3.8) is 0 Å². The van der Waals surface area contributed by atoms with E-state index in [1.165, 1.54) is 12.8 Å². The Morgan fingerprint density at radius 1 is 1.11 bits per heavy atom. The van der Waals surface area contributed by atoms with Gasteiger partial charge in [-0.15, -0.1) is 12.4 Å². The van der Waals surface area contributed by atoms with Crippen LogP contribution >= 0.6 is 12.4 Å². The molecule has 2 heterocycles. The van der Waals surface area contributed by atoms with E-state index in [2.05, 4.69) is 10.0 Å². The van der Waals surface area contributed by atoms with Gasteiger partial charge >= 0.3 is 0 Å². The number of hydrogen-bond donors (Lipinski definition) is 2. The van der Waals surface area contributed by atoms with E-state index >= 15 is 0 Å². The van der Waals surface area contributed by atoms with Crippen LogP contribution in [0, 0.1) is 0 Å². The molecular formula is C20H30ClN3O3S. The van der Waals surface area contributed by atoms with Crippen LogP contribution in [0.5, 0.6) is 0 Å². The number of rotatable bonds is 7. The standard InChI is InChI=1S/C20H29N3O3S.ClH/c1-23(18-12-16-7-8-17(13-18)21-16)20(24)11-4-14-2-9-19(10-3-14)27(25,26)22-15-5-6-15;/h2-3,9-10,15-18,21-22H,4-8,11-13H2,1H3;1H. The van der Waals surface area contributed by atoms with E-state index in [1.807, 2.05) is 24.1 Å². The van der Waals surface area contributed by atoms with Crippen LogP contribution in [0.3, 0.4) is 0 Å². The second kappa shape index (κ2) is 8.69. The van der Waals surface area contributed by atoms with Gasteiger partial charge in [0.2, 0.25) is 15.9 Å². The smallest absolute Gasteiger partial charge is 0.240 e. The molecule has 2 unspecified atom stereocenters. The first-order chi connectivity index (χ1) is 12.9. The summed E-state index contributed by atoms with van der Waals surface area (Å²) in [7, 11) is -1.48. The number of amides is 1. The summed E-state index contributed by atoms with van der Waals surface area (Å²) in [5.74, 6) is 0.174. The Bertz CT molecular complexity index is 783. The molecule has 8 heteroatoms. The van der Waals surface area contributed by atoms with Crippen molar-refractivity contribution in [3.05, 3.63) is 29.8 Å². The van der Waals surface area contributed by atoms with Gasteiger partial charge in [-0.25, -0.2) is 13.1 Å². The topological polar surface area (TPSA) is 78.5 Å². The molecule has 1 aliphatic carbocycles. The van der Waals surface area contributed by atoms with Crippen LogP contribution in [0.2, 0.25) is 0 Å². The van der Waals surface area contributed by atoms with Gasteiger partial charge in [-0.2, -0.15) is 0 Å². The number of fused-ring (bicyclic) bond motifs is 2. The van der Waals surface area contributed by atoms with Crippen molar-refractivity contribution >= 4 is 28.3 Å². The summed E-state index contributed by atoms with van der Waals surface area (Å²) in [5, 5.41) is 3.61. The Morgan fingerprint density at radius 2 is 1.71 bits per heavy atom. The molecule has 28 heavy (non-hydrogen) atoms. The molecule has 1 aromatic carbocycles. The highest BCUT2D eigenvalue weighted by Gasteiger charge is 2.36. The molecule has 2 saturated heterocycles. The van der Waals surface area contributed by atoms with E-state index in [1.54, 1.807) is 12.1 Å². The van der Waals surface area contributed by atoms with E-state index in [4.69, 9.17) is 0 Å². The molecule has 156 valence electrons. The lowest BCUT2D eigenvalue weighted by molar-refractivity contribution is -0.132. The first-order valence-electron chi connectivity index (χ1n) is 10.0. The van der Waals surface area contributed by atoms with Gasteiger partial charge in [-0.3, -0.25) is 4.79 Å². The minimum Gasteiger partial charge on any atom is -0.343 e. The summed E-state index contributed by atoms with van der Waals surface area (Å²) >= 11 is 0. The average molecular weight is 428 g/mol. The first-order valence-corrected chi connectivity index (χ1v) is 11.5. The molecule has 2 atom stereocenters. The van der Waals surface area contributed by atoms with Gasteiger partial charge in [0.15, 0.2) is 0 Å². The molecule has 4 rings (SSSR count). The van der Waals surface area contributed by atoms with Crippen molar-refractivity contribution in [3.8, 4) is 0 Å². The highest BCUT2D eigenvalue weighted by molar-refractivity contribution is 7.89. The van der Waals surface area contributed by atoms with E-state index in [0.29, 0.717) is 35.9 Å². The van der Waals surface area contributed by atoms with E-state index < -0.39 is 10.0 Å². The molecule has 0 radical (unpaired) electrons. The second-order valence-electron chi connectivity index (χ2n) is 8.31. The lowest BCUT2D eigenvalue weighted by atomic mass is 9.98. The van der Waals surface area contributed by atoms with E-state index in [9.17, 15) is 13.2 Å². The number of halogens is 1. The van der Waals surface area contributed by atoms with Crippen LogP contribution in [-0.4, -0.2) is 50.4 Å². The van der Waals surface area contributed by atoms with Gasteiger partial charge in [0, 0.05) is 37.6 Å². The Balaban J connectivity index is 0.00000225. The summed E-state index contributed by atoms with van der Waals surface area (Å²) in [5.41, 5.74) is 0.993. The molecule has 1 amide bonds. The number of carbonyl (C=O) groups excluding carboxylic acids is 1. The van der Waals surface area contributed by atoms with Crippen molar-refractivity contribution in [2.24, 2.45) is 0 Å². The zero-order valence-electron chi connectivity index (χ0n) is 16.3. The number of benzene rings is 1. The van der Waals surface area contributed by atoms with Crippen LogP contribution in [0.1, 0.15) is 50.5 Å². The molecule has 6 nitrogen and oxygen atoms in total. The Kier molecular flexibility index (Phi) is 6.69. The average Bonchev–Trinajstić information content (AvgIpc) is 3.40. The molecule has 3 fully saturated rings. The summed E-state index contributed by atoms with van der Waals surface area (Å²) in [6.45, 7) is 0. The minimum atomic E-state index is -3.41. The Morgan fingerprint density at radius 3 is 2.29 bits per heavy atom. The zero-order chi connectivity index (χ0) is 19.0. The lowest BCUT2D eigenvalue weighted by Gasteiger charge is -2.35. The fourth-order valence-corrected chi connectivity index (χ4v) is 5.60. The van der Waals surface area contributed by atoms with Gasteiger partial charge in [-0.1, -0.05) is 12.1 Å². The minimum absolute atomic E-state index is 0. The third-order valence-corrected chi connectivity index (χ3v) is 7.69. The molecule has 0 spiro atoms. The van der Waals surface area contributed by atoms with E-state index in [-0.39, 0.29) is 24.4 Å². The van der Waals surface area contributed by atoms with Crippen LogP contribution in [0.4, 0.5) is 0 Å². The SMILES string of the molecule is CN(C(=O)CCc1ccc(S(=O)(=O)NC2CC2)cc1)C1CC2CCC(C1)N2.Cl. The second-order valence-corrected chi connectivity index (χ2v) is 10.0. The first kappa shape index (κ1) is 21.6. The Labute approximate surface area is 173 Å². The molecule has 3 aliphatic rings. The van der Waals surface area contributed by atoms with Gasteiger partial charge in [0.05, 0.1) is 4.90 Å². The fourth-order valence-electron chi connectivity index (χ4n) is 4.30. The molecule has 1 aromatic rings. The van der Waals surface area contributed by atoms with Gasteiger partial charge in [0.25, 0.3) is 0 Å². The molecule has 2 N–H and O–H groups in total. The molecule has 1 saturated carbocycles. The number of hydrogen-bond acceptors (Lipinski definition) is 4. The predicted octanol–water partition coefficient (Wildman–Crippen LogP) is 2.22. The maximum absolute atomic E-state index is 12.6. The van der Waals surface area contributed by atoms with Crippen molar-refractivity contribution in [2.75, 3.05) is 7.05 Å². The number of carbonyl (C=O) groups is 1. The predicted molar refractivity (Wildman–Crippen MR) is 111 cm³/mol. The monoisotopic (exact) mass is 427 g/mol. The number of nitrogens with zero attached hydrogens (tertiary/aromatic N) is 1. The van der Waals surface area contributed by atoms with Crippen LogP contribution < -0.4 is 10.0 Å². The van der Waals surface area contributed by atoms with Crippen molar-refractivity contribution < 1.29 is 13.2 Å².